The molecule has 1 atom stereocenters. The molecule has 0 aliphatic carbocycles. The van der Waals surface area contributed by atoms with Gasteiger partial charge in [-0.3, -0.25) is 4.79 Å². The van der Waals surface area contributed by atoms with Crippen LogP contribution in [0.25, 0.3) is 0 Å². The van der Waals surface area contributed by atoms with Crippen LogP contribution in [0.2, 0.25) is 0 Å². The molecule has 3 N–H and O–H groups in total. The van der Waals surface area contributed by atoms with Gasteiger partial charge in [-0.1, -0.05) is 19.1 Å². The van der Waals surface area contributed by atoms with Gasteiger partial charge in [0.1, 0.15) is 0 Å². The molecular weight excluding hydrogens is 340 g/mol. The molecule has 0 spiro atoms. The number of aryl methyl sites for hydroxylation is 1. The standard InChI is InChI=1S/C19H21F2N3O2/c1-4-18(25)23-14-7-5-11(2)17(10-14)24-19(26)22-12(3)13-6-8-15(20)16(21)9-13/h5-10,12H,4H2,1-3H3,(H,23,25)(H2,22,24,26)/t12-/m1/s1. The first-order chi connectivity index (χ1) is 12.3. The number of rotatable bonds is 5. The smallest absolute Gasteiger partial charge is 0.319 e. The van der Waals surface area contributed by atoms with Crippen LogP contribution in [0.3, 0.4) is 0 Å². The van der Waals surface area contributed by atoms with Crippen molar-refractivity contribution in [3.8, 4) is 0 Å². The molecule has 3 amide bonds. The Balaban J connectivity index is 2.05. The lowest BCUT2D eigenvalue weighted by atomic mass is 10.1. The number of anilines is 2. The highest BCUT2D eigenvalue weighted by Gasteiger charge is 2.13. The van der Waals surface area contributed by atoms with Crippen LogP contribution in [0.1, 0.15) is 37.4 Å². The second-order valence-corrected chi connectivity index (χ2v) is 5.93. The topological polar surface area (TPSA) is 70.2 Å². The predicted octanol–water partition coefficient (Wildman–Crippen LogP) is 4.50. The molecule has 0 saturated heterocycles. The molecule has 0 saturated carbocycles. The number of nitrogens with one attached hydrogen (secondary N) is 3. The minimum atomic E-state index is -0.966. The maximum Gasteiger partial charge on any atom is 0.319 e. The molecule has 0 radical (unpaired) electrons. The number of carbonyl (C=O) groups excluding carboxylic acids is 2. The van der Waals surface area contributed by atoms with E-state index in [2.05, 4.69) is 16.0 Å². The first kappa shape index (κ1) is 19.4. The molecule has 7 heteroatoms. The number of hydrogen-bond donors (Lipinski definition) is 3. The number of halogens is 2. The summed E-state index contributed by atoms with van der Waals surface area (Å²) >= 11 is 0. The number of carbonyl (C=O) groups is 2. The normalized spacial score (nSPS) is 11.6. The number of benzene rings is 2. The van der Waals surface area contributed by atoms with Crippen molar-refractivity contribution in [1.82, 2.24) is 5.32 Å². The summed E-state index contributed by atoms with van der Waals surface area (Å²) in [5, 5.41) is 8.09. The van der Waals surface area contributed by atoms with Gasteiger partial charge in [-0.15, -0.1) is 0 Å². The fourth-order valence-electron chi connectivity index (χ4n) is 2.30. The summed E-state index contributed by atoms with van der Waals surface area (Å²) in [6.07, 6.45) is 0.350. The first-order valence-corrected chi connectivity index (χ1v) is 8.23. The molecule has 0 unspecified atom stereocenters. The van der Waals surface area contributed by atoms with Gasteiger partial charge in [-0.25, -0.2) is 13.6 Å². The summed E-state index contributed by atoms with van der Waals surface area (Å²) in [4.78, 5) is 23.7. The van der Waals surface area contributed by atoms with E-state index >= 15 is 0 Å². The lowest BCUT2D eigenvalue weighted by Gasteiger charge is -2.17. The molecule has 26 heavy (non-hydrogen) atoms. The molecule has 0 fully saturated rings. The molecule has 0 aromatic heterocycles. The molecule has 138 valence electrons. The SMILES string of the molecule is CCC(=O)Nc1ccc(C)c(NC(=O)N[C@H](C)c2ccc(F)c(F)c2)c1. The highest BCUT2D eigenvalue weighted by atomic mass is 19.2. The first-order valence-electron chi connectivity index (χ1n) is 8.23. The quantitative estimate of drug-likeness (QED) is 0.734. The van der Waals surface area contributed by atoms with E-state index in [0.717, 1.165) is 17.7 Å². The minimum absolute atomic E-state index is 0.129. The van der Waals surface area contributed by atoms with Gasteiger partial charge in [0.15, 0.2) is 11.6 Å². The van der Waals surface area contributed by atoms with Crippen LogP contribution in [0, 0.1) is 18.6 Å². The van der Waals surface area contributed by atoms with E-state index < -0.39 is 23.7 Å². The van der Waals surface area contributed by atoms with Crippen molar-refractivity contribution in [3.63, 3.8) is 0 Å². The van der Waals surface area contributed by atoms with E-state index in [-0.39, 0.29) is 5.91 Å². The molecule has 0 aliphatic heterocycles. The van der Waals surface area contributed by atoms with E-state index in [1.54, 1.807) is 32.0 Å². The van der Waals surface area contributed by atoms with Crippen LogP contribution in [0.15, 0.2) is 36.4 Å². The zero-order chi connectivity index (χ0) is 19.3. The van der Waals surface area contributed by atoms with Crippen LogP contribution in [0.4, 0.5) is 25.0 Å². The Labute approximate surface area is 150 Å². The Hall–Kier alpha value is -2.96. The highest BCUT2D eigenvalue weighted by Crippen LogP contribution is 2.21. The molecule has 0 aliphatic rings. The van der Waals surface area contributed by atoms with Crippen molar-refractivity contribution in [1.29, 1.82) is 0 Å². The largest absolute Gasteiger partial charge is 0.331 e. The van der Waals surface area contributed by atoms with Crippen LogP contribution in [0.5, 0.6) is 0 Å². The van der Waals surface area contributed by atoms with E-state index in [0.29, 0.717) is 23.4 Å². The summed E-state index contributed by atoms with van der Waals surface area (Å²) in [5.74, 6) is -2.03. The van der Waals surface area contributed by atoms with E-state index in [1.807, 2.05) is 6.92 Å². The monoisotopic (exact) mass is 361 g/mol. The van der Waals surface area contributed by atoms with E-state index in [9.17, 15) is 18.4 Å². The molecular formula is C19H21F2N3O2. The fourth-order valence-corrected chi connectivity index (χ4v) is 2.30. The summed E-state index contributed by atoms with van der Waals surface area (Å²) in [6, 6.07) is 7.64. The van der Waals surface area contributed by atoms with Crippen molar-refractivity contribution < 1.29 is 18.4 Å². The third-order valence-electron chi connectivity index (χ3n) is 3.88. The Bertz CT molecular complexity index is 824. The maximum absolute atomic E-state index is 13.3. The minimum Gasteiger partial charge on any atom is -0.331 e. The Morgan fingerprint density at radius 2 is 1.77 bits per heavy atom. The second-order valence-electron chi connectivity index (χ2n) is 5.93. The maximum atomic E-state index is 13.3. The zero-order valence-electron chi connectivity index (χ0n) is 14.8. The van der Waals surface area contributed by atoms with Crippen LogP contribution in [-0.4, -0.2) is 11.9 Å². The van der Waals surface area contributed by atoms with Gasteiger partial charge in [0.05, 0.1) is 6.04 Å². The van der Waals surface area contributed by atoms with E-state index in [1.165, 1.54) is 6.07 Å². The van der Waals surface area contributed by atoms with E-state index in [4.69, 9.17) is 0 Å². The van der Waals surface area contributed by atoms with Gasteiger partial charge in [0.25, 0.3) is 0 Å². The fraction of sp³-hybridized carbons (Fsp3) is 0.263. The molecule has 0 bridgehead atoms. The summed E-state index contributed by atoms with van der Waals surface area (Å²) < 4.78 is 26.3. The lowest BCUT2D eigenvalue weighted by molar-refractivity contribution is -0.115. The van der Waals surface area contributed by atoms with Crippen molar-refractivity contribution in [3.05, 3.63) is 59.2 Å². The van der Waals surface area contributed by atoms with Gasteiger partial charge in [0, 0.05) is 17.8 Å². The molecule has 5 nitrogen and oxygen atoms in total. The summed E-state index contributed by atoms with van der Waals surface area (Å²) in [5.41, 5.74) is 2.37. The van der Waals surface area contributed by atoms with Gasteiger partial charge >= 0.3 is 6.03 Å². The third kappa shape index (κ3) is 5.02. The lowest BCUT2D eigenvalue weighted by Crippen LogP contribution is -2.31. The summed E-state index contributed by atoms with van der Waals surface area (Å²) in [6.45, 7) is 5.23. The summed E-state index contributed by atoms with van der Waals surface area (Å²) in [7, 11) is 0. The van der Waals surface area contributed by atoms with Crippen LogP contribution >= 0.6 is 0 Å². The molecule has 0 heterocycles. The molecule has 2 aromatic rings. The van der Waals surface area contributed by atoms with Crippen molar-refractivity contribution in [2.45, 2.75) is 33.2 Å². The third-order valence-corrected chi connectivity index (χ3v) is 3.88. The average Bonchev–Trinajstić information content (AvgIpc) is 2.59. The van der Waals surface area contributed by atoms with Gasteiger partial charge in [-0.2, -0.15) is 0 Å². The van der Waals surface area contributed by atoms with Crippen molar-refractivity contribution in [2.75, 3.05) is 10.6 Å². The number of hydrogen-bond acceptors (Lipinski definition) is 2. The van der Waals surface area contributed by atoms with Crippen LogP contribution < -0.4 is 16.0 Å². The predicted molar refractivity (Wildman–Crippen MR) is 97.0 cm³/mol. The van der Waals surface area contributed by atoms with Crippen molar-refractivity contribution >= 4 is 23.3 Å². The Morgan fingerprint density at radius 3 is 2.42 bits per heavy atom. The molecule has 2 aromatic carbocycles. The van der Waals surface area contributed by atoms with Gasteiger partial charge in [-0.05, 0) is 49.2 Å². The molecule has 2 rings (SSSR count). The number of urea groups is 1. The zero-order valence-corrected chi connectivity index (χ0v) is 14.8. The highest BCUT2D eigenvalue weighted by molar-refractivity contribution is 5.94. The second kappa shape index (κ2) is 8.42. The number of amides is 3. The average molecular weight is 361 g/mol. The Kier molecular flexibility index (Phi) is 6.27. The van der Waals surface area contributed by atoms with Gasteiger partial charge in [0.2, 0.25) is 5.91 Å². The Morgan fingerprint density at radius 1 is 1.04 bits per heavy atom. The van der Waals surface area contributed by atoms with Gasteiger partial charge < -0.3 is 16.0 Å². The van der Waals surface area contributed by atoms with Crippen LogP contribution in [-0.2, 0) is 4.79 Å². The van der Waals surface area contributed by atoms with Crippen molar-refractivity contribution in [2.24, 2.45) is 0 Å².